The van der Waals surface area contributed by atoms with Crippen LogP contribution in [0.1, 0.15) is 41.8 Å². The molecule has 0 aromatic carbocycles. The molecular weight excluding hydrogens is 468 g/mol. The second-order valence-electron chi connectivity index (χ2n) is 7.90. The Morgan fingerprint density at radius 2 is 2.00 bits per heavy atom. The summed E-state index contributed by atoms with van der Waals surface area (Å²) in [5, 5.41) is 7.61. The average molecular weight is 493 g/mol. The predicted molar refractivity (Wildman–Crippen MR) is 133 cm³/mol. The van der Waals surface area contributed by atoms with Gasteiger partial charge in [0.05, 0.1) is 30.2 Å². The third-order valence-electron chi connectivity index (χ3n) is 5.15. The Labute approximate surface area is 207 Å². The zero-order valence-electron chi connectivity index (χ0n) is 19.8. The summed E-state index contributed by atoms with van der Waals surface area (Å²) in [6.45, 7) is 6.08. The van der Waals surface area contributed by atoms with Crippen LogP contribution in [0.5, 0.6) is 5.75 Å². The standard InChI is InChI=1S/C24H25ClN8O2/c1-5-35-16-6-7-17(27-12-16)14(3)29-24(34)22-23(26)31-21(18-8-9-33(4)32-18)20(30-22)15-10-13(2)28-19(25)11-15/h6-12,14H,5H2,1-4H3,(H2,26,31)(H,29,34). The molecule has 0 saturated heterocycles. The second-order valence-corrected chi connectivity index (χ2v) is 8.28. The lowest BCUT2D eigenvalue weighted by Crippen LogP contribution is -2.29. The normalized spacial score (nSPS) is 11.8. The van der Waals surface area contributed by atoms with E-state index in [1.165, 1.54) is 0 Å². The van der Waals surface area contributed by atoms with E-state index in [0.29, 0.717) is 51.5 Å². The molecule has 0 fully saturated rings. The van der Waals surface area contributed by atoms with Crippen molar-refractivity contribution in [2.75, 3.05) is 12.3 Å². The Kier molecular flexibility index (Phi) is 6.92. The van der Waals surface area contributed by atoms with E-state index in [1.807, 2.05) is 26.8 Å². The van der Waals surface area contributed by atoms with Gasteiger partial charge in [-0.1, -0.05) is 11.6 Å². The fourth-order valence-electron chi connectivity index (χ4n) is 3.54. The van der Waals surface area contributed by atoms with E-state index in [1.54, 1.807) is 48.4 Å². The van der Waals surface area contributed by atoms with Crippen LogP contribution in [0.15, 0.2) is 42.7 Å². The van der Waals surface area contributed by atoms with Gasteiger partial charge in [0.25, 0.3) is 5.91 Å². The van der Waals surface area contributed by atoms with Gasteiger partial charge >= 0.3 is 0 Å². The van der Waals surface area contributed by atoms with E-state index in [4.69, 9.17) is 22.1 Å². The Morgan fingerprint density at radius 1 is 1.20 bits per heavy atom. The monoisotopic (exact) mass is 492 g/mol. The molecule has 4 heterocycles. The summed E-state index contributed by atoms with van der Waals surface area (Å²) in [4.78, 5) is 30.9. The maximum atomic E-state index is 13.2. The van der Waals surface area contributed by atoms with Crippen molar-refractivity contribution < 1.29 is 9.53 Å². The van der Waals surface area contributed by atoms with Crippen molar-refractivity contribution in [3.8, 4) is 28.4 Å². The van der Waals surface area contributed by atoms with Crippen LogP contribution in [0.4, 0.5) is 5.82 Å². The Bertz CT molecular complexity index is 1350. The van der Waals surface area contributed by atoms with Crippen LogP contribution in [0, 0.1) is 6.92 Å². The van der Waals surface area contributed by atoms with Crippen molar-refractivity contribution >= 4 is 23.3 Å². The van der Waals surface area contributed by atoms with Gasteiger partial charge < -0.3 is 15.8 Å². The number of amides is 1. The fraction of sp³-hybridized carbons (Fsp3) is 0.250. The Morgan fingerprint density at radius 3 is 2.63 bits per heavy atom. The fourth-order valence-corrected chi connectivity index (χ4v) is 3.79. The third kappa shape index (κ3) is 5.38. The number of hydrogen-bond donors (Lipinski definition) is 2. The largest absolute Gasteiger partial charge is 0.492 e. The first kappa shape index (κ1) is 24.1. The smallest absolute Gasteiger partial charge is 0.274 e. The molecule has 11 heteroatoms. The molecule has 1 unspecified atom stereocenters. The maximum Gasteiger partial charge on any atom is 0.274 e. The molecule has 4 aromatic rings. The number of carbonyl (C=O) groups is 1. The summed E-state index contributed by atoms with van der Waals surface area (Å²) in [6.07, 6.45) is 3.40. The van der Waals surface area contributed by atoms with Gasteiger partial charge in [0.2, 0.25) is 0 Å². The molecule has 4 rings (SSSR count). The van der Waals surface area contributed by atoms with Crippen LogP contribution in [0.2, 0.25) is 5.15 Å². The molecule has 0 aliphatic heterocycles. The molecular formula is C24H25ClN8O2. The van der Waals surface area contributed by atoms with Crippen molar-refractivity contribution in [3.05, 3.63) is 65.0 Å². The zero-order valence-corrected chi connectivity index (χ0v) is 20.5. The predicted octanol–water partition coefficient (Wildman–Crippen LogP) is 3.77. The number of anilines is 1. The molecule has 10 nitrogen and oxygen atoms in total. The average Bonchev–Trinajstić information content (AvgIpc) is 3.25. The van der Waals surface area contributed by atoms with Gasteiger partial charge in [0, 0.05) is 24.5 Å². The zero-order chi connectivity index (χ0) is 25.1. The van der Waals surface area contributed by atoms with Crippen molar-refractivity contribution in [3.63, 3.8) is 0 Å². The Balaban J connectivity index is 1.71. The number of rotatable bonds is 7. The van der Waals surface area contributed by atoms with Crippen LogP contribution < -0.4 is 15.8 Å². The maximum absolute atomic E-state index is 13.2. The number of nitrogen functional groups attached to an aromatic ring is 1. The number of pyridine rings is 2. The van der Waals surface area contributed by atoms with E-state index < -0.39 is 11.9 Å². The minimum absolute atomic E-state index is 0.0111. The molecule has 3 N–H and O–H groups in total. The minimum Gasteiger partial charge on any atom is -0.492 e. The number of aromatic nitrogens is 6. The molecule has 1 atom stereocenters. The van der Waals surface area contributed by atoms with Crippen LogP contribution in [-0.4, -0.2) is 42.2 Å². The lowest BCUT2D eigenvalue weighted by molar-refractivity contribution is 0.0935. The van der Waals surface area contributed by atoms with Crippen LogP contribution in [0.25, 0.3) is 22.6 Å². The lowest BCUT2D eigenvalue weighted by atomic mass is 10.1. The summed E-state index contributed by atoms with van der Waals surface area (Å²) in [6, 6.07) is 8.46. The number of ether oxygens (including phenoxy) is 1. The van der Waals surface area contributed by atoms with Crippen LogP contribution >= 0.6 is 11.6 Å². The van der Waals surface area contributed by atoms with Crippen molar-refractivity contribution in [2.45, 2.75) is 26.8 Å². The third-order valence-corrected chi connectivity index (χ3v) is 5.34. The molecule has 0 radical (unpaired) electrons. The van der Waals surface area contributed by atoms with Gasteiger partial charge in [-0.25, -0.2) is 15.0 Å². The molecule has 1 amide bonds. The summed E-state index contributed by atoms with van der Waals surface area (Å²) in [5.74, 6) is 0.158. The molecule has 180 valence electrons. The quantitative estimate of drug-likeness (QED) is 0.372. The van der Waals surface area contributed by atoms with Crippen LogP contribution in [0.3, 0.4) is 0 Å². The lowest BCUT2D eigenvalue weighted by Gasteiger charge is -2.16. The second kappa shape index (κ2) is 10.1. The molecule has 0 bridgehead atoms. The highest BCUT2D eigenvalue weighted by Gasteiger charge is 2.23. The number of carbonyl (C=O) groups excluding carboxylic acids is 1. The molecule has 35 heavy (non-hydrogen) atoms. The summed E-state index contributed by atoms with van der Waals surface area (Å²) in [7, 11) is 1.80. The SMILES string of the molecule is CCOc1ccc(C(C)NC(=O)c2nc(-c3cc(C)nc(Cl)c3)c(-c3ccn(C)n3)nc2N)nc1. The van der Waals surface area contributed by atoms with E-state index >= 15 is 0 Å². The molecule has 0 spiro atoms. The van der Waals surface area contributed by atoms with Gasteiger partial charge in [-0.05, 0) is 51.1 Å². The van der Waals surface area contributed by atoms with Gasteiger partial charge in [-0.3, -0.25) is 14.5 Å². The Hall–Kier alpha value is -4.05. The van der Waals surface area contributed by atoms with E-state index in [9.17, 15) is 4.79 Å². The van der Waals surface area contributed by atoms with Gasteiger partial charge in [0.15, 0.2) is 11.5 Å². The van der Waals surface area contributed by atoms with Gasteiger partial charge in [-0.2, -0.15) is 5.10 Å². The van der Waals surface area contributed by atoms with Crippen molar-refractivity contribution in [1.29, 1.82) is 0 Å². The van der Waals surface area contributed by atoms with Crippen molar-refractivity contribution in [2.24, 2.45) is 7.05 Å². The highest BCUT2D eigenvalue weighted by atomic mass is 35.5. The number of aryl methyl sites for hydroxylation is 2. The first-order valence-electron chi connectivity index (χ1n) is 11.0. The topological polar surface area (TPSA) is 134 Å². The first-order chi connectivity index (χ1) is 16.7. The summed E-state index contributed by atoms with van der Waals surface area (Å²) < 4.78 is 7.07. The van der Waals surface area contributed by atoms with Gasteiger partial charge in [0.1, 0.15) is 22.3 Å². The number of hydrogen-bond acceptors (Lipinski definition) is 8. The van der Waals surface area contributed by atoms with E-state index in [2.05, 4.69) is 30.4 Å². The highest BCUT2D eigenvalue weighted by Crippen LogP contribution is 2.31. The summed E-state index contributed by atoms with van der Waals surface area (Å²) >= 11 is 6.20. The minimum atomic E-state index is -0.483. The summed E-state index contributed by atoms with van der Waals surface area (Å²) in [5.41, 5.74) is 9.60. The highest BCUT2D eigenvalue weighted by molar-refractivity contribution is 6.29. The number of nitrogens with zero attached hydrogens (tertiary/aromatic N) is 6. The number of nitrogens with two attached hydrogens (primary N) is 1. The molecule has 0 saturated carbocycles. The van der Waals surface area contributed by atoms with E-state index in [-0.39, 0.29) is 11.5 Å². The van der Waals surface area contributed by atoms with Crippen LogP contribution in [-0.2, 0) is 7.05 Å². The van der Waals surface area contributed by atoms with E-state index in [0.717, 1.165) is 0 Å². The number of nitrogens with one attached hydrogen (secondary N) is 1. The molecule has 4 aromatic heterocycles. The molecule has 0 aliphatic rings. The molecule has 0 aliphatic carbocycles. The van der Waals surface area contributed by atoms with Gasteiger partial charge in [-0.15, -0.1) is 0 Å². The van der Waals surface area contributed by atoms with Crippen molar-refractivity contribution in [1.82, 2.24) is 35.0 Å². The number of halogens is 1. The first-order valence-corrected chi connectivity index (χ1v) is 11.3.